The van der Waals surface area contributed by atoms with E-state index in [0.717, 1.165) is 21.3 Å². The minimum atomic E-state index is -0.485. The van der Waals surface area contributed by atoms with Crippen LogP contribution in [0.4, 0.5) is 5.69 Å². The molecule has 0 aliphatic carbocycles. The van der Waals surface area contributed by atoms with E-state index in [4.69, 9.17) is 14.2 Å². The maximum Gasteiger partial charge on any atom is 0.266 e. The molecule has 0 radical (unpaired) electrons. The van der Waals surface area contributed by atoms with E-state index in [1.165, 1.54) is 6.08 Å². The van der Waals surface area contributed by atoms with Crippen LogP contribution in [-0.2, 0) is 9.53 Å². The number of amides is 1. The van der Waals surface area contributed by atoms with Gasteiger partial charge >= 0.3 is 0 Å². The van der Waals surface area contributed by atoms with Gasteiger partial charge in [-0.15, -0.1) is 0 Å². The predicted molar refractivity (Wildman–Crippen MR) is 141 cm³/mol. The van der Waals surface area contributed by atoms with Gasteiger partial charge in [0.2, 0.25) is 0 Å². The summed E-state index contributed by atoms with van der Waals surface area (Å²) in [6, 6.07) is 22.6. The van der Waals surface area contributed by atoms with E-state index < -0.39 is 5.91 Å². The Kier molecular flexibility index (Phi) is 9.91. The summed E-state index contributed by atoms with van der Waals surface area (Å²) in [5.41, 5.74) is 3.30. The summed E-state index contributed by atoms with van der Waals surface area (Å²) in [6.45, 7) is 5.49. The molecule has 0 aliphatic heterocycles. The Hall–Kier alpha value is -3.60. The molecular formula is C28H27BrN2O4. The first-order valence-electron chi connectivity index (χ1n) is 11.1. The number of carbonyl (C=O) groups excluding carboxylic acids is 1. The van der Waals surface area contributed by atoms with Crippen LogP contribution in [0.5, 0.6) is 11.5 Å². The number of nitrogens with zero attached hydrogens (tertiary/aromatic N) is 1. The molecule has 0 spiro atoms. The van der Waals surface area contributed by atoms with Crippen LogP contribution in [0.15, 0.2) is 76.8 Å². The van der Waals surface area contributed by atoms with E-state index in [1.807, 2.05) is 68.4 Å². The van der Waals surface area contributed by atoms with E-state index in [-0.39, 0.29) is 5.57 Å². The summed E-state index contributed by atoms with van der Waals surface area (Å²) in [4.78, 5) is 12.7. The Labute approximate surface area is 214 Å². The molecule has 3 rings (SSSR count). The standard InChI is InChI=1S/C28H27BrN2O4/c1-20-6-5-8-25(16-20)31-28(32)23(19-30)17-22-18-24(29)10-11-27(22)35-15-13-33-12-14-34-26-9-4-3-7-21(26)2/h3-11,16-18H,12-15H2,1-2H3,(H,31,32)/b23-17+. The molecule has 0 aliphatic rings. The number of nitrogens with one attached hydrogen (secondary N) is 1. The second kappa shape index (κ2) is 13.3. The lowest BCUT2D eigenvalue weighted by Gasteiger charge is -2.12. The number of nitriles is 1. The highest BCUT2D eigenvalue weighted by Gasteiger charge is 2.12. The number of hydrogen-bond donors (Lipinski definition) is 1. The number of aryl methyl sites for hydroxylation is 2. The number of halogens is 1. The Morgan fingerprint density at radius 1 is 0.943 bits per heavy atom. The van der Waals surface area contributed by atoms with Crippen LogP contribution >= 0.6 is 15.9 Å². The molecule has 1 amide bonds. The highest BCUT2D eigenvalue weighted by molar-refractivity contribution is 9.10. The molecule has 0 fully saturated rings. The fraction of sp³-hybridized carbons (Fsp3) is 0.214. The molecule has 7 heteroatoms. The van der Waals surface area contributed by atoms with Crippen molar-refractivity contribution in [2.24, 2.45) is 0 Å². The maximum atomic E-state index is 12.7. The molecule has 1 N–H and O–H groups in total. The van der Waals surface area contributed by atoms with Gasteiger partial charge in [0, 0.05) is 15.7 Å². The Morgan fingerprint density at radius 2 is 1.69 bits per heavy atom. The van der Waals surface area contributed by atoms with Crippen LogP contribution < -0.4 is 14.8 Å². The van der Waals surface area contributed by atoms with Crippen LogP contribution in [0.1, 0.15) is 16.7 Å². The third-order valence-corrected chi connectivity index (χ3v) is 5.47. The van der Waals surface area contributed by atoms with Gasteiger partial charge in [-0.2, -0.15) is 5.26 Å². The first-order valence-corrected chi connectivity index (χ1v) is 11.9. The largest absolute Gasteiger partial charge is 0.491 e. The van der Waals surface area contributed by atoms with Gasteiger partial charge in [-0.1, -0.05) is 46.3 Å². The van der Waals surface area contributed by atoms with Gasteiger partial charge in [0.25, 0.3) is 5.91 Å². The van der Waals surface area contributed by atoms with Crippen molar-refractivity contribution in [2.45, 2.75) is 13.8 Å². The summed E-state index contributed by atoms with van der Waals surface area (Å²) in [6.07, 6.45) is 1.52. The number of hydrogen-bond acceptors (Lipinski definition) is 5. The van der Waals surface area contributed by atoms with Gasteiger partial charge < -0.3 is 19.5 Å². The van der Waals surface area contributed by atoms with Crippen molar-refractivity contribution in [3.63, 3.8) is 0 Å². The summed E-state index contributed by atoms with van der Waals surface area (Å²) in [5.74, 6) is 0.906. The number of ether oxygens (including phenoxy) is 3. The smallest absolute Gasteiger partial charge is 0.266 e. The van der Waals surface area contributed by atoms with E-state index in [2.05, 4.69) is 21.2 Å². The van der Waals surface area contributed by atoms with Gasteiger partial charge in [-0.3, -0.25) is 4.79 Å². The molecule has 3 aromatic carbocycles. The molecule has 3 aromatic rings. The van der Waals surface area contributed by atoms with Crippen molar-refractivity contribution in [1.82, 2.24) is 0 Å². The van der Waals surface area contributed by atoms with E-state index in [9.17, 15) is 10.1 Å². The molecular weight excluding hydrogens is 508 g/mol. The molecule has 0 bridgehead atoms. The first kappa shape index (κ1) is 26.0. The molecule has 35 heavy (non-hydrogen) atoms. The molecule has 0 saturated heterocycles. The lowest BCUT2D eigenvalue weighted by Crippen LogP contribution is -2.14. The fourth-order valence-electron chi connectivity index (χ4n) is 3.23. The zero-order valence-corrected chi connectivity index (χ0v) is 21.3. The molecule has 180 valence electrons. The number of para-hydroxylation sites is 1. The second-order valence-electron chi connectivity index (χ2n) is 7.75. The molecule has 0 atom stereocenters. The van der Waals surface area contributed by atoms with Crippen molar-refractivity contribution in [1.29, 1.82) is 5.26 Å². The van der Waals surface area contributed by atoms with Crippen LogP contribution in [0, 0.1) is 25.2 Å². The minimum Gasteiger partial charge on any atom is -0.491 e. The Balaban J connectivity index is 1.54. The molecule has 0 unspecified atom stereocenters. The zero-order valence-electron chi connectivity index (χ0n) is 19.7. The van der Waals surface area contributed by atoms with Crippen molar-refractivity contribution < 1.29 is 19.0 Å². The number of carbonyl (C=O) groups is 1. The first-order chi connectivity index (χ1) is 17.0. The van der Waals surface area contributed by atoms with Gasteiger partial charge in [-0.05, 0) is 67.4 Å². The molecule has 0 aromatic heterocycles. The van der Waals surface area contributed by atoms with E-state index >= 15 is 0 Å². The van der Waals surface area contributed by atoms with Gasteiger partial charge in [-0.25, -0.2) is 0 Å². The second-order valence-corrected chi connectivity index (χ2v) is 8.67. The van der Waals surface area contributed by atoms with Crippen LogP contribution in [-0.4, -0.2) is 32.3 Å². The van der Waals surface area contributed by atoms with Gasteiger partial charge in [0.1, 0.15) is 36.4 Å². The van der Waals surface area contributed by atoms with E-state index in [0.29, 0.717) is 43.4 Å². The molecule has 6 nitrogen and oxygen atoms in total. The predicted octanol–water partition coefficient (Wildman–Crippen LogP) is 6.09. The fourth-order valence-corrected chi connectivity index (χ4v) is 3.61. The Morgan fingerprint density at radius 3 is 2.40 bits per heavy atom. The third-order valence-electron chi connectivity index (χ3n) is 4.98. The minimum absolute atomic E-state index is 0.0286. The summed E-state index contributed by atoms with van der Waals surface area (Å²) in [5, 5.41) is 12.3. The lowest BCUT2D eigenvalue weighted by atomic mass is 10.1. The number of rotatable bonds is 11. The average molecular weight is 535 g/mol. The van der Waals surface area contributed by atoms with Crippen LogP contribution in [0.25, 0.3) is 6.08 Å². The lowest BCUT2D eigenvalue weighted by molar-refractivity contribution is -0.112. The van der Waals surface area contributed by atoms with Gasteiger partial charge in [0.05, 0.1) is 13.2 Å². The quantitative estimate of drug-likeness (QED) is 0.183. The maximum absolute atomic E-state index is 12.7. The zero-order chi connectivity index (χ0) is 25.0. The topological polar surface area (TPSA) is 80.6 Å². The Bertz CT molecular complexity index is 1230. The monoisotopic (exact) mass is 534 g/mol. The molecule has 0 heterocycles. The summed E-state index contributed by atoms with van der Waals surface area (Å²) in [7, 11) is 0. The van der Waals surface area contributed by atoms with Crippen molar-refractivity contribution in [3.8, 4) is 17.6 Å². The molecule has 0 saturated carbocycles. The SMILES string of the molecule is Cc1cccc(NC(=O)/C(C#N)=C/c2cc(Br)ccc2OCCOCCOc2ccccc2C)c1. The third kappa shape index (κ3) is 8.29. The average Bonchev–Trinajstić information content (AvgIpc) is 2.84. The van der Waals surface area contributed by atoms with Crippen molar-refractivity contribution in [3.05, 3.63) is 93.5 Å². The number of anilines is 1. The van der Waals surface area contributed by atoms with Gasteiger partial charge in [0.15, 0.2) is 0 Å². The number of benzene rings is 3. The summed E-state index contributed by atoms with van der Waals surface area (Å²) >= 11 is 3.43. The summed E-state index contributed by atoms with van der Waals surface area (Å²) < 4.78 is 18.0. The highest BCUT2D eigenvalue weighted by Crippen LogP contribution is 2.26. The highest BCUT2D eigenvalue weighted by atomic mass is 79.9. The van der Waals surface area contributed by atoms with Crippen molar-refractivity contribution >= 4 is 33.6 Å². The van der Waals surface area contributed by atoms with E-state index in [1.54, 1.807) is 18.2 Å². The van der Waals surface area contributed by atoms with Crippen LogP contribution in [0.3, 0.4) is 0 Å². The normalized spacial score (nSPS) is 11.0. The van der Waals surface area contributed by atoms with Crippen molar-refractivity contribution in [2.75, 3.05) is 31.7 Å². The van der Waals surface area contributed by atoms with Crippen LogP contribution in [0.2, 0.25) is 0 Å².